The van der Waals surface area contributed by atoms with E-state index in [2.05, 4.69) is 60.6 Å². The van der Waals surface area contributed by atoms with E-state index in [1.54, 1.807) is 0 Å². The molecule has 0 spiro atoms. The summed E-state index contributed by atoms with van der Waals surface area (Å²) in [6.07, 6.45) is 1.97. The normalized spacial score (nSPS) is 16.4. The van der Waals surface area contributed by atoms with Crippen LogP contribution in [-0.2, 0) is 21.5 Å². The highest BCUT2D eigenvalue weighted by Crippen LogP contribution is 2.32. The van der Waals surface area contributed by atoms with Crippen LogP contribution in [0.3, 0.4) is 0 Å². The summed E-state index contributed by atoms with van der Waals surface area (Å²) in [5.74, 6) is 0.602. The van der Waals surface area contributed by atoms with E-state index in [4.69, 9.17) is 9.72 Å². The number of hydrogen-bond acceptors (Lipinski definition) is 6. The molecule has 3 heterocycles. The van der Waals surface area contributed by atoms with Crippen LogP contribution in [0.1, 0.15) is 50.3 Å². The predicted octanol–water partition coefficient (Wildman–Crippen LogP) is 5.34. The van der Waals surface area contributed by atoms with Gasteiger partial charge < -0.3 is 9.30 Å². The molecule has 8 heteroatoms. The lowest BCUT2D eigenvalue weighted by Gasteiger charge is -2.19. The summed E-state index contributed by atoms with van der Waals surface area (Å²) in [7, 11) is 0. The lowest BCUT2D eigenvalue weighted by Crippen LogP contribution is -2.19. The maximum absolute atomic E-state index is 13.0. The summed E-state index contributed by atoms with van der Waals surface area (Å²) < 4.78 is 7.62. The Morgan fingerprint density at radius 2 is 1.94 bits per heavy atom. The number of nitrogens with one attached hydrogen (secondary N) is 1. The monoisotopic (exact) mass is 461 g/mol. The number of aromatic nitrogens is 4. The fourth-order valence-electron chi connectivity index (χ4n) is 4.07. The number of hydrogen-bond donors (Lipinski definition) is 1. The molecule has 1 fully saturated rings. The van der Waals surface area contributed by atoms with Gasteiger partial charge in [-0.2, -0.15) is 0 Å². The first-order valence-corrected chi connectivity index (χ1v) is 12.0. The van der Waals surface area contributed by atoms with Crippen molar-refractivity contribution in [1.82, 2.24) is 19.7 Å². The van der Waals surface area contributed by atoms with Gasteiger partial charge in [0, 0.05) is 12.2 Å². The summed E-state index contributed by atoms with van der Waals surface area (Å²) in [4.78, 5) is 17.8. The Morgan fingerprint density at radius 3 is 2.67 bits per heavy atom. The zero-order valence-corrected chi connectivity index (χ0v) is 19.9. The Balaban J connectivity index is 1.41. The number of anilines is 1. The molecular formula is C25H27N5O2S. The van der Waals surface area contributed by atoms with Gasteiger partial charge in [-0.15, -0.1) is 10.2 Å². The number of benzene rings is 2. The van der Waals surface area contributed by atoms with Gasteiger partial charge in [0.15, 0.2) is 0 Å². The molecule has 1 atom stereocenters. The molecule has 1 aliphatic rings. The highest BCUT2D eigenvalue weighted by Gasteiger charge is 2.23. The van der Waals surface area contributed by atoms with Crippen LogP contribution in [0.15, 0.2) is 48.5 Å². The molecule has 0 bridgehead atoms. The van der Waals surface area contributed by atoms with Crippen molar-refractivity contribution in [2.24, 2.45) is 0 Å². The van der Waals surface area contributed by atoms with Crippen LogP contribution in [0.4, 0.5) is 5.13 Å². The summed E-state index contributed by atoms with van der Waals surface area (Å²) in [6, 6.07) is 16.3. The number of carbonyl (C=O) groups excluding carboxylic acids is 1. The average molecular weight is 462 g/mol. The first kappa shape index (κ1) is 21.7. The molecule has 5 rings (SSSR count). The van der Waals surface area contributed by atoms with Crippen molar-refractivity contribution in [1.29, 1.82) is 0 Å². The second kappa shape index (κ2) is 8.68. The molecule has 0 saturated carbocycles. The van der Waals surface area contributed by atoms with Gasteiger partial charge in [-0.1, -0.05) is 68.5 Å². The van der Waals surface area contributed by atoms with Gasteiger partial charge in [-0.3, -0.25) is 10.1 Å². The Bertz CT molecular complexity index is 1280. The molecule has 170 valence electrons. The van der Waals surface area contributed by atoms with Crippen LogP contribution in [0.5, 0.6) is 0 Å². The van der Waals surface area contributed by atoms with Crippen LogP contribution in [0, 0.1) is 0 Å². The van der Waals surface area contributed by atoms with Crippen LogP contribution >= 0.6 is 11.3 Å². The summed E-state index contributed by atoms with van der Waals surface area (Å²) in [5, 5.41) is 12.5. The molecule has 1 aliphatic heterocycles. The molecule has 1 unspecified atom stereocenters. The number of nitrogens with zero attached hydrogens (tertiary/aromatic N) is 4. The molecule has 0 radical (unpaired) electrons. The van der Waals surface area contributed by atoms with Gasteiger partial charge in [0.25, 0.3) is 0 Å². The smallest absolute Gasteiger partial charge is 0.246 e. The van der Waals surface area contributed by atoms with Crippen LogP contribution in [0.2, 0.25) is 0 Å². The highest BCUT2D eigenvalue weighted by atomic mass is 32.1. The highest BCUT2D eigenvalue weighted by molar-refractivity contribution is 7.15. The molecule has 0 aliphatic carbocycles. The summed E-state index contributed by atoms with van der Waals surface area (Å²) in [6.45, 7) is 7.46. The lowest BCUT2D eigenvalue weighted by molar-refractivity contribution is -0.116. The van der Waals surface area contributed by atoms with E-state index in [1.165, 1.54) is 16.9 Å². The molecule has 7 nitrogen and oxygen atoms in total. The molecule has 1 saturated heterocycles. The third-order valence-corrected chi connectivity index (χ3v) is 6.79. The van der Waals surface area contributed by atoms with Crippen molar-refractivity contribution in [2.75, 3.05) is 11.9 Å². The molecule has 2 aromatic carbocycles. The third-order valence-electron chi connectivity index (χ3n) is 5.86. The first-order chi connectivity index (χ1) is 15.9. The van der Waals surface area contributed by atoms with Crippen molar-refractivity contribution in [3.8, 4) is 11.4 Å². The van der Waals surface area contributed by atoms with E-state index in [0.717, 1.165) is 46.9 Å². The zero-order valence-electron chi connectivity index (χ0n) is 19.0. The van der Waals surface area contributed by atoms with Gasteiger partial charge in [0.1, 0.15) is 23.5 Å². The van der Waals surface area contributed by atoms with Gasteiger partial charge in [0.05, 0.1) is 11.0 Å². The van der Waals surface area contributed by atoms with E-state index < -0.39 is 0 Å². The maximum Gasteiger partial charge on any atom is 0.246 e. The number of fused-ring (bicyclic) bond motifs is 1. The van der Waals surface area contributed by atoms with E-state index >= 15 is 0 Å². The van der Waals surface area contributed by atoms with Gasteiger partial charge in [-0.25, -0.2) is 4.98 Å². The fraction of sp³-hybridized carbons (Fsp3) is 0.360. The Kier molecular flexibility index (Phi) is 5.72. The Labute approximate surface area is 196 Å². The van der Waals surface area contributed by atoms with Crippen LogP contribution < -0.4 is 5.32 Å². The topological polar surface area (TPSA) is 81.9 Å². The minimum absolute atomic E-state index is 0.00610. The van der Waals surface area contributed by atoms with Crippen molar-refractivity contribution >= 4 is 33.4 Å². The minimum Gasteiger partial charge on any atom is -0.371 e. The molecule has 1 amide bonds. The number of ether oxygens (including phenoxy) is 1. The van der Waals surface area contributed by atoms with Crippen molar-refractivity contribution in [3.05, 3.63) is 59.1 Å². The standard InChI is InChI=1S/C25H27N5O2S/c1-25(2,3)17-12-10-16(11-13-17)22-26-18-7-4-5-8-19(18)30(22)15-21(31)27-24-29-28-23(33-24)20-9-6-14-32-20/h4-5,7-8,10-13,20H,6,9,14-15H2,1-3H3,(H,27,29,31). The second-order valence-electron chi connectivity index (χ2n) is 9.33. The van der Waals surface area contributed by atoms with Gasteiger partial charge in [0.2, 0.25) is 11.0 Å². The van der Waals surface area contributed by atoms with E-state index in [-0.39, 0.29) is 24.0 Å². The third kappa shape index (κ3) is 4.54. The average Bonchev–Trinajstić information content (AvgIpc) is 3.54. The largest absolute Gasteiger partial charge is 0.371 e. The van der Waals surface area contributed by atoms with Crippen molar-refractivity contribution in [2.45, 2.75) is 51.7 Å². The Morgan fingerprint density at radius 1 is 1.15 bits per heavy atom. The number of para-hydroxylation sites is 2. The number of carbonyl (C=O) groups is 1. The van der Waals surface area contributed by atoms with Crippen molar-refractivity contribution < 1.29 is 9.53 Å². The van der Waals surface area contributed by atoms with E-state index in [9.17, 15) is 4.79 Å². The number of amides is 1. The predicted molar refractivity (Wildman–Crippen MR) is 130 cm³/mol. The maximum atomic E-state index is 13.0. The number of imidazole rings is 1. The first-order valence-electron chi connectivity index (χ1n) is 11.2. The molecule has 2 aromatic heterocycles. The Hall–Kier alpha value is -3.10. The lowest BCUT2D eigenvalue weighted by atomic mass is 9.87. The van der Waals surface area contributed by atoms with E-state index in [1.807, 2.05) is 28.8 Å². The SMILES string of the molecule is CC(C)(C)c1ccc(-c2nc3ccccc3n2CC(=O)Nc2nnc(C3CCCO3)s2)cc1. The fourth-order valence-corrected chi connectivity index (χ4v) is 4.91. The van der Waals surface area contributed by atoms with E-state index in [0.29, 0.717) is 5.13 Å². The minimum atomic E-state index is -0.166. The molecular weight excluding hydrogens is 434 g/mol. The second-order valence-corrected chi connectivity index (χ2v) is 10.3. The quantitative estimate of drug-likeness (QED) is 0.434. The molecule has 1 N–H and O–H groups in total. The summed E-state index contributed by atoms with van der Waals surface area (Å²) >= 11 is 1.38. The van der Waals surface area contributed by atoms with Gasteiger partial charge >= 0.3 is 0 Å². The van der Waals surface area contributed by atoms with Crippen LogP contribution in [-0.4, -0.2) is 32.3 Å². The van der Waals surface area contributed by atoms with Crippen LogP contribution in [0.25, 0.3) is 22.4 Å². The number of rotatable bonds is 5. The summed E-state index contributed by atoms with van der Waals surface area (Å²) in [5.41, 5.74) is 4.08. The van der Waals surface area contributed by atoms with Crippen molar-refractivity contribution in [3.63, 3.8) is 0 Å². The zero-order chi connectivity index (χ0) is 23.0. The molecule has 33 heavy (non-hydrogen) atoms. The van der Waals surface area contributed by atoms with Gasteiger partial charge in [-0.05, 0) is 36.0 Å². The molecule has 4 aromatic rings.